The van der Waals surface area contributed by atoms with Crippen LogP contribution in [-0.4, -0.2) is 35.5 Å². The van der Waals surface area contributed by atoms with Crippen LogP contribution < -0.4 is 5.32 Å². The van der Waals surface area contributed by atoms with Crippen molar-refractivity contribution in [1.29, 1.82) is 0 Å². The molecule has 1 fully saturated rings. The average Bonchev–Trinajstić information content (AvgIpc) is 2.64. The zero-order valence-corrected chi connectivity index (χ0v) is 11.8. The van der Waals surface area contributed by atoms with E-state index in [9.17, 15) is 0 Å². The molecule has 4 heteroatoms. The van der Waals surface area contributed by atoms with Gasteiger partial charge in [0, 0.05) is 23.6 Å². The van der Waals surface area contributed by atoms with Crippen molar-refractivity contribution in [2.45, 2.75) is 31.7 Å². The minimum atomic E-state index is 0.374. The first-order valence-electron chi connectivity index (χ1n) is 6.17. The quantitative estimate of drug-likeness (QED) is 0.892. The fourth-order valence-corrected chi connectivity index (χ4v) is 3.42. The van der Waals surface area contributed by atoms with E-state index in [1.54, 1.807) is 0 Å². The zero-order valence-electron chi connectivity index (χ0n) is 11.0. The summed E-state index contributed by atoms with van der Waals surface area (Å²) in [5.74, 6) is 3.32. The van der Waals surface area contributed by atoms with Crippen LogP contribution in [0.25, 0.3) is 0 Å². The Morgan fingerprint density at radius 1 is 1.41 bits per heavy atom. The van der Waals surface area contributed by atoms with Crippen molar-refractivity contribution in [2.75, 3.05) is 25.9 Å². The summed E-state index contributed by atoms with van der Waals surface area (Å²) in [5, 5.41) is 3.10. The molecule has 1 aliphatic rings. The smallest absolute Gasteiger partial charge is 0.118 e. The van der Waals surface area contributed by atoms with E-state index in [1.807, 2.05) is 7.05 Å². The number of thioether (sulfide) groups is 1. The molecule has 1 aromatic heterocycles. The third kappa shape index (κ3) is 3.76. The van der Waals surface area contributed by atoms with Gasteiger partial charge in [0.1, 0.15) is 11.5 Å². The van der Waals surface area contributed by atoms with Gasteiger partial charge in [0.15, 0.2) is 0 Å². The van der Waals surface area contributed by atoms with Gasteiger partial charge in [0.2, 0.25) is 0 Å². The van der Waals surface area contributed by atoms with Crippen LogP contribution in [0, 0.1) is 0 Å². The van der Waals surface area contributed by atoms with Gasteiger partial charge in [0.25, 0.3) is 0 Å². The second-order valence-electron chi connectivity index (χ2n) is 5.22. The maximum absolute atomic E-state index is 5.78. The molecule has 1 aromatic rings. The molecule has 0 atom stereocenters. The minimum Gasteiger partial charge on any atom is -0.463 e. The third-order valence-corrected chi connectivity index (χ3v) is 4.25. The van der Waals surface area contributed by atoms with Gasteiger partial charge in [-0.2, -0.15) is 11.8 Å². The van der Waals surface area contributed by atoms with Crippen LogP contribution in [0.5, 0.6) is 0 Å². The fraction of sp³-hybridized carbons (Fsp3) is 0.692. The first-order chi connectivity index (χ1) is 8.09. The van der Waals surface area contributed by atoms with Gasteiger partial charge in [-0.15, -0.1) is 0 Å². The molecule has 2 rings (SSSR count). The molecular weight excluding hydrogens is 232 g/mol. The van der Waals surface area contributed by atoms with Crippen LogP contribution in [0.4, 0.5) is 0 Å². The molecule has 0 aliphatic carbocycles. The Labute approximate surface area is 108 Å². The molecule has 2 heterocycles. The Morgan fingerprint density at radius 2 is 2.18 bits per heavy atom. The van der Waals surface area contributed by atoms with Crippen LogP contribution in [-0.2, 0) is 13.1 Å². The maximum Gasteiger partial charge on any atom is 0.118 e. The molecule has 0 radical (unpaired) electrons. The van der Waals surface area contributed by atoms with E-state index in [2.05, 4.69) is 48.0 Å². The lowest BCUT2D eigenvalue weighted by molar-refractivity contribution is 0.230. The lowest BCUT2D eigenvalue weighted by atomic mass is 10.2. The number of nitrogens with zero attached hydrogens (tertiary/aromatic N) is 1. The van der Waals surface area contributed by atoms with E-state index >= 15 is 0 Å². The number of hydrogen-bond donors (Lipinski definition) is 1. The fourth-order valence-electron chi connectivity index (χ4n) is 2.25. The first-order valence-corrected chi connectivity index (χ1v) is 7.16. The monoisotopic (exact) mass is 254 g/mol. The third-order valence-electron chi connectivity index (χ3n) is 2.95. The number of nitrogens with one attached hydrogen (secondary N) is 1. The zero-order chi connectivity index (χ0) is 12.3. The van der Waals surface area contributed by atoms with Crippen molar-refractivity contribution in [3.8, 4) is 0 Å². The Kier molecular flexibility index (Phi) is 4.17. The van der Waals surface area contributed by atoms with E-state index in [4.69, 9.17) is 4.42 Å². The van der Waals surface area contributed by atoms with Crippen LogP contribution in [0.15, 0.2) is 16.5 Å². The summed E-state index contributed by atoms with van der Waals surface area (Å²) in [4.78, 5) is 2.48. The van der Waals surface area contributed by atoms with E-state index in [0.717, 1.165) is 37.7 Å². The van der Waals surface area contributed by atoms with Gasteiger partial charge in [-0.3, -0.25) is 4.90 Å². The second kappa shape index (κ2) is 5.46. The summed E-state index contributed by atoms with van der Waals surface area (Å²) >= 11 is 2.07. The summed E-state index contributed by atoms with van der Waals surface area (Å²) in [6.07, 6.45) is 0. The number of rotatable bonds is 4. The van der Waals surface area contributed by atoms with Crippen molar-refractivity contribution in [1.82, 2.24) is 10.2 Å². The van der Waals surface area contributed by atoms with Crippen LogP contribution in [0.3, 0.4) is 0 Å². The standard InChI is InChI=1S/C13H22N2OS/c1-13(2)10-15(6-7-17-13)9-12-5-4-11(16-12)8-14-3/h4-5,14H,6-10H2,1-3H3. The number of furan rings is 1. The van der Waals surface area contributed by atoms with Crippen molar-refractivity contribution < 1.29 is 4.42 Å². The molecule has 17 heavy (non-hydrogen) atoms. The Bertz CT molecular complexity index is 362. The normalized spacial score (nSPS) is 20.6. The largest absolute Gasteiger partial charge is 0.463 e. The van der Waals surface area contributed by atoms with Gasteiger partial charge < -0.3 is 9.73 Å². The second-order valence-corrected chi connectivity index (χ2v) is 7.02. The summed E-state index contributed by atoms with van der Waals surface area (Å²) in [6, 6.07) is 4.16. The summed E-state index contributed by atoms with van der Waals surface area (Å²) in [6.45, 7) is 8.68. The SMILES string of the molecule is CNCc1ccc(CN2CCSC(C)(C)C2)o1. The topological polar surface area (TPSA) is 28.4 Å². The van der Waals surface area contributed by atoms with Crippen molar-refractivity contribution in [2.24, 2.45) is 0 Å². The summed E-state index contributed by atoms with van der Waals surface area (Å²) < 4.78 is 6.16. The number of hydrogen-bond acceptors (Lipinski definition) is 4. The molecule has 3 nitrogen and oxygen atoms in total. The lowest BCUT2D eigenvalue weighted by Crippen LogP contribution is -2.42. The van der Waals surface area contributed by atoms with Crippen LogP contribution in [0.2, 0.25) is 0 Å². The summed E-state index contributed by atoms with van der Waals surface area (Å²) in [5.41, 5.74) is 0. The molecule has 0 saturated carbocycles. The van der Waals surface area contributed by atoms with Gasteiger partial charge in [-0.1, -0.05) is 0 Å². The molecule has 0 spiro atoms. The Morgan fingerprint density at radius 3 is 2.88 bits per heavy atom. The van der Waals surface area contributed by atoms with Gasteiger partial charge in [-0.05, 0) is 33.0 Å². The summed E-state index contributed by atoms with van der Waals surface area (Å²) in [7, 11) is 1.94. The molecule has 1 saturated heterocycles. The highest BCUT2D eigenvalue weighted by Gasteiger charge is 2.27. The minimum absolute atomic E-state index is 0.374. The highest BCUT2D eigenvalue weighted by molar-refractivity contribution is 8.00. The van der Waals surface area contributed by atoms with Crippen molar-refractivity contribution in [3.63, 3.8) is 0 Å². The average molecular weight is 254 g/mol. The Balaban J connectivity index is 1.91. The predicted octanol–water partition coefficient (Wildman–Crippen LogP) is 2.33. The molecule has 0 unspecified atom stereocenters. The van der Waals surface area contributed by atoms with Gasteiger partial charge in [0.05, 0.1) is 13.1 Å². The highest BCUT2D eigenvalue weighted by Crippen LogP contribution is 2.30. The molecule has 0 amide bonds. The van der Waals surface area contributed by atoms with Gasteiger partial charge >= 0.3 is 0 Å². The van der Waals surface area contributed by atoms with Crippen LogP contribution >= 0.6 is 11.8 Å². The lowest BCUT2D eigenvalue weighted by Gasteiger charge is -2.37. The van der Waals surface area contributed by atoms with Crippen molar-refractivity contribution in [3.05, 3.63) is 23.7 Å². The Hall–Kier alpha value is -0.450. The van der Waals surface area contributed by atoms with E-state index in [-0.39, 0.29) is 0 Å². The molecule has 0 aromatic carbocycles. The first kappa shape index (κ1) is 13.0. The molecular formula is C13H22N2OS. The van der Waals surface area contributed by atoms with E-state index in [0.29, 0.717) is 4.75 Å². The molecule has 1 N–H and O–H groups in total. The molecule has 96 valence electrons. The maximum atomic E-state index is 5.78. The van der Waals surface area contributed by atoms with Gasteiger partial charge in [-0.25, -0.2) is 0 Å². The van der Waals surface area contributed by atoms with Crippen LogP contribution in [0.1, 0.15) is 25.4 Å². The predicted molar refractivity (Wildman–Crippen MR) is 73.3 cm³/mol. The van der Waals surface area contributed by atoms with E-state index < -0.39 is 0 Å². The highest BCUT2D eigenvalue weighted by atomic mass is 32.2. The van der Waals surface area contributed by atoms with Crippen molar-refractivity contribution >= 4 is 11.8 Å². The molecule has 0 bridgehead atoms. The molecule has 1 aliphatic heterocycles. The van der Waals surface area contributed by atoms with E-state index in [1.165, 1.54) is 5.75 Å².